The predicted molar refractivity (Wildman–Crippen MR) is 116 cm³/mol. The molecule has 0 saturated carbocycles. The normalized spacial score (nSPS) is 15.7. The number of carbonyl (C=O) groups excluding carboxylic acids is 3. The Morgan fingerprint density at radius 2 is 1.84 bits per heavy atom. The number of hydrogen-bond acceptors (Lipinski definition) is 6. The molecule has 162 valence electrons. The van der Waals surface area contributed by atoms with Crippen LogP contribution in [0, 0.1) is 0 Å². The van der Waals surface area contributed by atoms with Crippen LogP contribution in [-0.2, 0) is 16.0 Å². The third-order valence-corrected chi connectivity index (χ3v) is 5.35. The summed E-state index contributed by atoms with van der Waals surface area (Å²) in [6.07, 6.45) is 4.75. The number of carbonyl (C=O) groups is 3. The van der Waals surface area contributed by atoms with Gasteiger partial charge in [-0.15, -0.1) is 0 Å². The van der Waals surface area contributed by atoms with E-state index < -0.39 is 0 Å². The number of rotatable bonds is 5. The first-order valence-corrected chi connectivity index (χ1v) is 10.4. The van der Waals surface area contributed by atoms with Crippen LogP contribution in [0.3, 0.4) is 0 Å². The first-order chi connectivity index (χ1) is 15.1. The number of nitrogens with zero attached hydrogens (tertiary/aromatic N) is 4. The third kappa shape index (κ3) is 5.27. The fourth-order valence-electron chi connectivity index (χ4n) is 3.69. The standard InChI is InChI=1S/C21H25N7O3/c29-18-5-2-15-14-16(3-4-17(15)26-18)25-21(31)24-9-6-19(30)27-10-12-28(13-11-27)20-22-7-1-8-23-20/h1,3-4,7-8,14H,2,5-6,9-13H2,(H,26,29)(H2,24,25,31). The van der Waals surface area contributed by atoms with E-state index in [1.54, 1.807) is 35.5 Å². The van der Waals surface area contributed by atoms with Crippen LogP contribution in [0.25, 0.3) is 0 Å². The summed E-state index contributed by atoms with van der Waals surface area (Å²) in [5.74, 6) is 0.696. The highest BCUT2D eigenvalue weighted by molar-refractivity contribution is 5.95. The molecule has 0 unspecified atom stereocenters. The number of nitrogens with one attached hydrogen (secondary N) is 3. The zero-order valence-corrected chi connectivity index (χ0v) is 17.1. The first kappa shape index (κ1) is 20.6. The van der Waals surface area contributed by atoms with Crippen LogP contribution in [0.2, 0.25) is 0 Å². The van der Waals surface area contributed by atoms with Gasteiger partial charge in [0.25, 0.3) is 0 Å². The van der Waals surface area contributed by atoms with Gasteiger partial charge in [0.1, 0.15) is 0 Å². The molecule has 1 saturated heterocycles. The minimum atomic E-state index is -0.362. The van der Waals surface area contributed by atoms with E-state index in [1.807, 2.05) is 6.07 Å². The maximum Gasteiger partial charge on any atom is 0.319 e. The van der Waals surface area contributed by atoms with Crippen LogP contribution in [0.5, 0.6) is 0 Å². The van der Waals surface area contributed by atoms with Crippen LogP contribution < -0.4 is 20.9 Å². The van der Waals surface area contributed by atoms with E-state index in [0.717, 1.165) is 11.3 Å². The Hall–Kier alpha value is -3.69. The Kier molecular flexibility index (Phi) is 6.25. The molecule has 0 radical (unpaired) electrons. The summed E-state index contributed by atoms with van der Waals surface area (Å²) in [5.41, 5.74) is 2.43. The fraction of sp³-hybridized carbons (Fsp3) is 0.381. The molecule has 2 aromatic rings. The summed E-state index contributed by atoms with van der Waals surface area (Å²) in [6, 6.07) is 6.79. The van der Waals surface area contributed by atoms with Crippen molar-refractivity contribution in [3.05, 3.63) is 42.2 Å². The van der Waals surface area contributed by atoms with Gasteiger partial charge in [0.15, 0.2) is 0 Å². The molecule has 2 aliphatic heterocycles. The maximum atomic E-state index is 12.4. The molecule has 10 nitrogen and oxygen atoms in total. The van der Waals surface area contributed by atoms with Gasteiger partial charge in [-0.2, -0.15) is 0 Å². The van der Waals surface area contributed by atoms with Gasteiger partial charge < -0.3 is 25.8 Å². The average molecular weight is 423 g/mol. The Balaban J connectivity index is 1.18. The van der Waals surface area contributed by atoms with Crippen LogP contribution in [0.4, 0.5) is 22.1 Å². The van der Waals surface area contributed by atoms with E-state index >= 15 is 0 Å². The van der Waals surface area contributed by atoms with Gasteiger partial charge in [0, 0.05) is 69.3 Å². The van der Waals surface area contributed by atoms with E-state index in [4.69, 9.17) is 0 Å². The third-order valence-electron chi connectivity index (χ3n) is 5.35. The van der Waals surface area contributed by atoms with E-state index in [9.17, 15) is 14.4 Å². The van der Waals surface area contributed by atoms with Crippen molar-refractivity contribution in [2.75, 3.05) is 48.3 Å². The van der Waals surface area contributed by atoms with Crippen molar-refractivity contribution in [1.82, 2.24) is 20.2 Å². The lowest BCUT2D eigenvalue weighted by molar-refractivity contribution is -0.131. The first-order valence-electron chi connectivity index (χ1n) is 10.4. The lowest BCUT2D eigenvalue weighted by Gasteiger charge is -2.34. The zero-order valence-electron chi connectivity index (χ0n) is 17.1. The van der Waals surface area contributed by atoms with Gasteiger partial charge in [-0.05, 0) is 36.2 Å². The van der Waals surface area contributed by atoms with Crippen molar-refractivity contribution in [1.29, 1.82) is 0 Å². The quantitative estimate of drug-likeness (QED) is 0.665. The summed E-state index contributed by atoms with van der Waals surface area (Å²) in [6.45, 7) is 2.84. The number of anilines is 3. The van der Waals surface area contributed by atoms with Crippen molar-refractivity contribution < 1.29 is 14.4 Å². The van der Waals surface area contributed by atoms with Gasteiger partial charge in [-0.3, -0.25) is 9.59 Å². The molecule has 0 spiro atoms. The van der Waals surface area contributed by atoms with E-state index in [0.29, 0.717) is 50.7 Å². The SMILES string of the molecule is O=C1CCc2cc(NC(=O)NCCC(=O)N3CCN(c4ncccn4)CC3)ccc2N1. The summed E-state index contributed by atoms with van der Waals surface area (Å²) in [5, 5.41) is 8.31. The maximum absolute atomic E-state index is 12.4. The summed E-state index contributed by atoms with van der Waals surface area (Å²) in [4.78, 5) is 48.4. The zero-order chi connectivity index (χ0) is 21.6. The molecule has 0 aliphatic carbocycles. The number of hydrogen-bond donors (Lipinski definition) is 3. The number of piperazine rings is 1. The highest BCUT2D eigenvalue weighted by Crippen LogP contribution is 2.25. The monoisotopic (exact) mass is 423 g/mol. The van der Waals surface area contributed by atoms with Gasteiger partial charge in [-0.1, -0.05) is 0 Å². The smallest absolute Gasteiger partial charge is 0.319 e. The summed E-state index contributed by atoms with van der Waals surface area (Å²) >= 11 is 0. The lowest BCUT2D eigenvalue weighted by Crippen LogP contribution is -2.49. The fourth-order valence-corrected chi connectivity index (χ4v) is 3.69. The molecule has 3 N–H and O–H groups in total. The minimum absolute atomic E-state index is 0.00503. The van der Waals surface area contributed by atoms with Crippen LogP contribution in [0.15, 0.2) is 36.7 Å². The summed E-state index contributed by atoms with van der Waals surface area (Å²) < 4.78 is 0. The lowest BCUT2D eigenvalue weighted by atomic mass is 10.0. The molecule has 0 atom stereocenters. The van der Waals surface area contributed by atoms with Crippen molar-refractivity contribution in [3.8, 4) is 0 Å². The van der Waals surface area contributed by atoms with Gasteiger partial charge in [-0.25, -0.2) is 14.8 Å². The number of amides is 4. The summed E-state index contributed by atoms with van der Waals surface area (Å²) in [7, 11) is 0. The second kappa shape index (κ2) is 9.41. The molecule has 1 fully saturated rings. The Bertz CT molecular complexity index is 959. The van der Waals surface area contributed by atoms with Crippen LogP contribution in [0.1, 0.15) is 18.4 Å². The topological polar surface area (TPSA) is 120 Å². The molecular weight excluding hydrogens is 398 g/mol. The Morgan fingerprint density at radius 3 is 2.61 bits per heavy atom. The number of aromatic nitrogens is 2. The van der Waals surface area contributed by atoms with E-state index in [-0.39, 0.29) is 30.8 Å². The van der Waals surface area contributed by atoms with Crippen molar-refractivity contribution >= 4 is 35.2 Å². The average Bonchev–Trinajstić information content (AvgIpc) is 2.80. The van der Waals surface area contributed by atoms with Crippen LogP contribution in [-0.4, -0.2) is 65.4 Å². The van der Waals surface area contributed by atoms with Crippen LogP contribution >= 0.6 is 0 Å². The predicted octanol–water partition coefficient (Wildman–Crippen LogP) is 1.22. The van der Waals surface area contributed by atoms with Gasteiger partial charge in [0.2, 0.25) is 17.8 Å². The molecule has 31 heavy (non-hydrogen) atoms. The number of fused-ring (bicyclic) bond motifs is 1. The second-order valence-electron chi connectivity index (χ2n) is 7.47. The number of benzene rings is 1. The van der Waals surface area contributed by atoms with Crippen molar-refractivity contribution in [3.63, 3.8) is 0 Å². The molecular formula is C21H25N7O3. The molecule has 4 rings (SSSR count). The molecule has 1 aromatic carbocycles. The van der Waals surface area contributed by atoms with E-state index in [1.165, 1.54) is 0 Å². The Labute approximate surface area is 180 Å². The molecule has 3 heterocycles. The van der Waals surface area contributed by atoms with Gasteiger partial charge >= 0.3 is 6.03 Å². The molecule has 4 amide bonds. The molecule has 2 aliphatic rings. The molecule has 0 bridgehead atoms. The highest BCUT2D eigenvalue weighted by Gasteiger charge is 2.22. The Morgan fingerprint density at radius 1 is 1.06 bits per heavy atom. The molecule has 1 aromatic heterocycles. The van der Waals surface area contributed by atoms with E-state index in [2.05, 4.69) is 30.8 Å². The highest BCUT2D eigenvalue weighted by atomic mass is 16.2. The second-order valence-corrected chi connectivity index (χ2v) is 7.47. The number of aryl methyl sites for hydroxylation is 1. The largest absolute Gasteiger partial charge is 0.339 e. The van der Waals surface area contributed by atoms with Gasteiger partial charge in [0.05, 0.1) is 0 Å². The molecule has 10 heteroatoms. The minimum Gasteiger partial charge on any atom is -0.339 e. The number of urea groups is 1. The van der Waals surface area contributed by atoms with Crippen molar-refractivity contribution in [2.45, 2.75) is 19.3 Å². The van der Waals surface area contributed by atoms with Crippen molar-refractivity contribution in [2.24, 2.45) is 0 Å².